The second kappa shape index (κ2) is 5.21. The van der Waals surface area contributed by atoms with E-state index >= 15 is 0 Å². The van der Waals surface area contributed by atoms with Gasteiger partial charge in [-0.25, -0.2) is 0 Å². The molecular formula is C9H17N. The Kier molecular flexibility index (Phi) is 4.91. The van der Waals surface area contributed by atoms with Crippen molar-refractivity contribution in [3.05, 3.63) is 12.2 Å². The molecule has 0 radical (unpaired) electrons. The quantitative estimate of drug-likeness (QED) is 0.533. The zero-order valence-corrected chi connectivity index (χ0v) is 7.33. The van der Waals surface area contributed by atoms with E-state index in [9.17, 15) is 0 Å². The number of nitrogens with zero attached hydrogens (tertiary/aromatic N) is 1. The maximum absolute atomic E-state index is 4.18. The predicted molar refractivity (Wildman–Crippen MR) is 47.6 cm³/mol. The maximum atomic E-state index is 4.18. The number of allylic oxidation sites excluding steroid dienone is 2. The Morgan fingerprint density at radius 1 is 1.10 bits per heavy atom. The van der Waals surface area contributed by atoms with Gasteiger partial charge in [0.05, 0.1) is 0 Å². The van der Waals surface area contributed by atoms with Crippen molar-refractivity contribution in [1.82, 2.24) is 0 Å². The van der Waals surface area contributed by atoms with Gasteiger partial charge >= 0.3 is 0 Å². The third-order valence-corrected chi connectivity index (χ3v) is 0.966. The summed E-state index contributed by atoms with van der Waals surface area (Å²) in [6.45, 7) is 8.44. The minimum Gasteiger partial charge on any atom is -0.290 e. The Balaban J connectivity index is 3.52. The molecule has 0 atom stereocenters. The summed E-state index contributed by atoms with van der Waals surface area (Å²) >= 11 is 0. The van der Waals surface area contributed by atoms with E-state index in [-0.39, 0.29) is 0 Å². The highest BCUT2D eigenvalue weighted by atomic mass is 14.7. The lowest BCUT2D eigenvalue weighted by Gasteiger charge is -1.92. The van der Waals surface area contributed by atoms with Crippen LogP contribution in [0.4, 0.5) is 0 Å². The van der Waals surface area contributed by atoms with Gasteiger partial charge in [-0.15, -0.1) is 0 Å². The highest BCUT2D eigenvalue weighted by molar-refractivity contribution is 5.71. The fourth-order valence-corrected chi connectivity index (χ4v) is 0.494. The summed E-state index contributed by atoms with van der Waals surface area (Å²) in [5.74, 6) is 0.624. The molecular weight excluding hydrogens is 122 g/mol. The van der Waals surface area contributed by atoms with Gasteiger partial charge in [0.2, 0.25) is 0 Å². The van der Waals surface area contributed by atoms with Crippen molar-refractivity contribution in [2.24, 2.45) is 10.9 Å². The molecule has 0 aliphatic rings. The molecule has 0 fully saturated rings. The van der Waals surface area contributed by atoms with Crippen molar-refractivity contribution in [1.29, 1.82) is 0 Å². The molecule has 0 saturated heterocycles. The molecule has 0 rings (SSSR count). The van der Waals surface area contributed by atoms with Gasteiger partial charge in [0.25, 0.3) is 0 Å². The van der Waals surface area contributed by atoms with Crippen molar-refractivity contribution in [3.63, 3.8) is 0 Å². The minimum atomic E-state index is 0.414. The molecule has 0 spiro atoms. The molecule has 0 amide bonds. The van der Waals surface area contributed by atoms with Crippen LogP contribution >= 0.6 is 0 Å². The van der Waals surface area contributed by atoms with Crippen LogP contribution in [0.1, 0.15) is 27.7 Å². The highest BCUT2D eigenvalue weighted by Gasteiger charge is 1.81. The molecule has 10 heavy (non-hydrogen) atoms. The van der Waals surface area contributed by atoms with E-state index in [1.165, 1.54) is 0 Å². The summed E-state index contributed by atoms with van der Waals surface area (Å²) in [5, 5.41) is 0. The maximum Gasteiger partial charge on any atom is 0.0443 e. The second-order valence-corrected chi connectivity index (χ2v) is 3.02. The summed E-state index contributed by atoms with van der Waals surface area (Å²) < 4.78 is 0. The van der Waals surface area contributed by atoms with E-state index in [2.05, 4.69) is 38.8 Å². The van der Waals surface area contributed by atoms with Crippen LogP contribution in [0.5, 0.6) is 0 Å². The third-order valence-electron chi connectivity index (χ3n) is 0.966. The lowest BCUT2D eigenvalue weighted by molar-refractivity contribution is 0.829. The third kappa shape index (κ3) is 7.41. The topological polar surface area (TPSA) is 12.4 Å². The lowest BCUT2D eigenvalue weighted by atomic mass is 10.2. The van der Waals surface area contributed by atoms with Crippen LogP contribution in [0.15, 0.2) is 17.1 Å². The molecule has 0 heterocycles. The molecule has 0 aliphatic heterocycles. The first-order valence-electron chi connectivity index (χ1n) is 3.83. The highest BCUT2D eigenvalue weighted by Crippen LogP contribution is 1.91. The largest absolute Gasteiger partial charge is 0.290 e. The van der Waals surface area contributed by atoms with Crippen molar-refractivity contribution in [2.45, 2.75) is 33.7 Å². The fraction of sp³-hybridized carbons (Fsp3) is 0.667. The Bertz CT molecular complexity index is 105. The standard InChI is InChI=1S/C9H17N/c1-8(2)6-5-7-10-9(3)4/h5-9H,1-4H3. The van der Waals surface area contributed by atoms with Crippen LogP contribution in [0.3, 0.4) is 0 Å². The van der Waals surface area contributed by atoms with E-state index in [1.807, 2.05) is 12.3 Å². The van der Waals surface area contributed by atoms with E-state index in [1.54, 1.807) is 0 Å². The zero-order valence-electron chi connectivity index (χ0n) is 7.33. The fourth-order valence-electron chi connectivity index (χ4n) is 0.494. The van der Waals surface area contributed by atoms with Gasteiger partial charge in [-0.2, -0.15) is 0 Å². The molecule has 0 N–H and O–H groups in total. The number of aliphatic imine (C=N–C) groups is 1. The Morgan fingerprint density at radius 2 is 1.70 bits per heavy atom. The summed E-state index contributed by atoms with van der Waals surface area (Å²) in [5.41, 5.74) is 0. The van der Waals surface area contributed by atoms with E-state index in [0.29, 0.717) is 12.0 Å². The minimum absolute atomic E-state index is 0.414. The average molecular weight is 139 g/mol. The number of hydrogen-bond acceptors (Lipinski definition) is 1. The predicted octanol–water partition coefficient (Wildman–Crippen LogP) is 2.68. The van der Waals surface area contributed by atoms with Crippen molar-refractivity contribution < 1.29 is 0 Å². The lowest BCUT2D eigenvalue weighted by Crippen LogP contribution is -1.87. The number of hydrogen-bond donors (Lipinski definition) is 0. The molecule has 0 unspecified atom stereocenters. The van der Waals surface area contributed by atoms with Gasteiger partial charge in [0.15, 0.2) is 0 Å². The van der Waals surface area contributed by atoms with E-state index in [0.717, 1.165) is 0 Å². The molecule has 1 nitrogen and oxygen atoms in total. The van der Waals surface area contributed by atoms with Crippen LogP contribution in [-0.2, 0) is 0 Å². The van der Waals surface area contributed by atoms with E-state index in [4.69, 9.17) is 0 Å². The molecule has 0 aromatic rings. The average Bonchev–Trinajstić information content (AvgIpc) is 1.79. The summed E-state index contributed by atoms with van der Waals surface area (Å²) in [6.07, 6.45) is 6.00. The van der Waals surface area contributed by atoms with Gasteiger partial charge in [-0.05, 0) is 25.8 Å². The van der Waals surface area contributed by atoms with Gasteiger partial charge < -0.3 is 0 Å². The summed E-state index contributed by atoms with van der Waals surface area (Å²) in [4.78, 5) is 4.18. The van der Waals surface area contributed by atoms with E-state index < -0.39 is 0 Å². The first-order chi connectivity index (χ1) is 4.63. The second-order valence-electron chi connectivity index (χ2n) is 3.02. The summed E-state index contributed by atoms with van der Waals surface area (Å²) in [7, 11) is 0. The van der Waals surface area contributed by atoms with Crippen LogP contribution in [0.25, 0.3) is 0 Å². The smallest absolute Gasteiger partial charge is 0.0443 e. The SMILES string of the molecule is CC(C)C=CC=NC(C)C. The van der Waals surface area contributed by atoms with Crippen molar-refractivity contribution in [3.8, 4) is 0 Å². The van der Waals surface area contributed by atoms with Crippen molar-refractivity contribution >= 4 is 6.21 Å². The molecule has 0 saturated carbocycles. The molecule has 0 aromatic carbocycles. The van der Waals surface area contributed by atoms with Crippen LogP contribution in [0.2, 0.25) is 0 Å². The number of rotatable bonds is 3. The van der Waals surface area contributed by atoms with Gasteiger partial charge in [0.1, 0.15) is 0 Å². The normalized spacial score (nSPS) is 13.0. The van der Waals surface area contributed by atoms with Crippen LogP contribution in [-0.4, -0.2) is 12.3 Å². The van der Waals surface area contributed by atoms with Crippen molar-refractivity contribution in [2.75, 3.05) is 0 Å². The monoisotopic (exact) mass is 139 g/mol. The van der Waals surface area contributed by atoms with Crippen LogP contribution < -0.4 is 0 Å². The van der Waals surface area contributed by atoms with Gasteiger partial charge in [0, 0.05) is 12.3 Å². The Morgan fingerprint density at radius 3 is 2.10 bits per heavy atom. The first-order valence-corrected chi connectivity index (χ1v) is 3.83. The van der Waals surface area contributed by atoms with Gasteiger partial charge in [-0.3, -0.25) is 4.99 Å². The van der Waals surface area contributed by atoms with Gasteiger partial charge in [-0.1, -0.05) is 19.9 Å². The molecule has 58 valence electrons. The molecule has 0 bridgehead atoms. The first kappa shape index (κ1) is 9.41. The molecule has 0 aromatic heterocycles. The van der Waals surface area contributed by atoms with Crippen LogP contribution in [0, 0.1) is 5.92 Å². The molecule has 1 heteroatoms. The summed E-state index contributed by atoms with van der Waals surface area (Å²) in [6, 6.07) is 0.414. The Hall–Kier alpha value is -0.590. The Labute approximate surface area is 63.9 Å². The molecule has 0 aliphatic carbocycles. The zero-order chi connectivity index (χ0) is 7.98.